The first-order valence-electron chi connectivity index (χ1n) is 19.5. The molecule has 0 aliphatic carbocycles. The molecular weight excluding hydrogens is 500 g/mol. The molecule has 0 unspecified atom stereocenters. The third-order valence-electron chi connectivity index (χ3n) is 9.00. The number of rotatable bonds is 36. The summed E-state index contributed by atoms with van der Waals surface area (Å²) in [6.07, 6.45) is 47.8. The summed E-state index contributed by atoms with van der Waals surface area (Å²) >= 11 is 0. The van der Waals surface area contributed by atoms with E-state index in [4.69, 9.17) is 4.74 Å². The fourth-order valence-corrected chi connectivity index (χ4v) is 6.08. The second kappa shape index (κ2) is 37.5. The molecule has 0 aliphatic heterocycles. The molecule has 0 aromatic rings. The van der Waals surface area contributed by atoms with E-state index in [1.165, 1.54) is 205 Å². The van der Waals surface area contributed by atoms with Crippen LogP contribution in [0.5, 0.6) is 0 Å². The molecule has 0 aromatic carbocycles. The zero-order valence-electron chi connectivity index (χ0n) is 28.8. The summed E-state index contributed by atoms with van der Waals surface area (Å²) in [7, 11) is 0. The predicted octanol–water partition coefficient (Wildman–Crippen LogP) is 14.2. The molecule has 0 amide bonds. The molecule has 0 atom stereocenters. The van der Waals surface area contributed by atoms with Gasteiger partial charge < -0.3 is 4.74 Å². The van der Waals surface area contributed by atoms with Gasteiger partial charge in [0.05, 0.1) is 6.61 Å². The Balaban J connectivity index is 3.09. The summed E-state index contributed by atoms with van der Waals surface area (Å²) in [5.74, 6) is 0.0190. The first-order valence-corrected chi connectivity index (χ1v) is 19.5. The van der Waals surface area contributed by atoms with E-state index >= 15 is 0 Å². The van der Waals surface area contributed by atoms with Crippen LogP contribution in [0.15, 0.2) is 0 Å². The van der Waals surface area contributed by atoms with Gasteiger partial charge in [-0.15, -0.1) is 0 Å². The van der Waals surface area contributed by atoms with E-state index in [9.17, 15) is 4.79 Å². The molecule has 0 spiro atoms. The van der Waals surface area contributed by atoms with E-state index in [-0.39, 0.29) is 5.97 Å². The minimum atomic E-state index is 0.0190. The monoisotopic (exact) mass is 579 g/mol. The maximum Gasteiger partial charge on any atom is 0.305 e. The van der Waals surface area contributed by atoms with Gasteiger partial charge in [0, 0.05) is 6.42 Å². The number of carbonyl (C=O) groups is 1. The van der Waals surface area contributed by atoms with Gasteiger partial charge in [-0.25, -0.2) is 0 Å². The van der Waals surface area contributed by atoms with Crippen LogP contribution >= 0.6 is 0 Å². The summed E-state index contributed by atoms with van der Waals surface area (Å²) < 4.78 is 5.39. The van der Waals surface area contributed by atoms with Crippen molar-refractivity contribution in [2.45, 2.75) is 239 Å². The lowest BCUT2D eigenvalue weighted by Gasteiger charge is -2.06. The van der Waals surface area contributed by atoms with Gasteiger partial charge in [-0.05, 0) is 12.8 Å². The summed E-state index contributed by atoms with van der Waals surface area (Å²) in [6.45, 7) is 5.17. The van der Waals surface area contributed by atoms with Crippen LogP contribution in [-0.4, -0.2) is 12.6 Å². The summed E-state index contributed by atoms with van der Waals surface area (Å²) in [5.41, 5.74) is 0. The molecule has 2 nitrogen and oxygen atoms in total. The van der Waals surface area contributed by atoms with Crippen molar-refractivity contribution < 1.29 is 9.53 Å². The Hall–Kier alpha value is -0.530. The van der Waals surface area contributed by atoms with Gasteiger partial charge in [-0.3, -0.25) is 4.79 Å². The number of carbonyl (C=O) groups excluding carboxylic acids is 1. The molecule has 0 saturated carbocycles. The van der Waals surface area contributed by atoms with Gasteiger partial charge >= 0.3 is 5.97 Å². The summed E-state index contributed by atoms with van der Waals surface area (Å²) in [6, 6.07) is 0. The van der Waals surface area contributed by atoms with Gasteiger partial charge in [-0.2, -0.15) is 0 Å². The fraction of sp³-hybridized carbons (Fsp3) is 0.974. The van der Waals surface area contributed by atoms with Crippen molar-refractivity contribution in [3.05, 3.63) is 0 Å². The molecule has 0 heterocycles. The third-order valence-corrected chi connectivity index (χ3v) is 9.00. The summed E-state index contributed by atoms with van der Waals surface area (Å²) in [4.78, 5) is 11.8. The highest BCUT2D eigenvalue weighted by atomic mass is 16.5. The third kappa shape index (κ3) is 37.4. The first-order chi connectivity index (χ1) is 20.3. The van der Waals surface area contributed by atoms with Crippen LogP contribution in [0.3, 0.4) is 0 Å². The number of hydrogen-bond donors (Lipinski definition) is 0. The number of hydrogen-bond acceptors (Lipinski definition) is 2. The molecule has 0 N–H and O–H groups in total. The van der Waals surface area contributed by atoms with Crippen LogP contribution in [0.1, 0.15) is 239 Å². The number of esters is 1. The zero-order chi connectivity index (χ0) is 29.7. The SMILES string of the molecule is CCCCCCCCCCCCCCCCCCCCCCCCCCCCCCOC(=O)CCCCCCCC. The second-order valence-electron chi connectivity index (χ2n) is 13.3. The Morgan fingerprint density at radius 1 is 0.317 bits per heavy atom. The van der Waals surface area contributed by atoms with Crippen molar-refractivity contribution in [2.75, 3.05) is 6.61 Å². The van der Waals surface area contributed by atoms with Gasteiger partial charge in [-0.1, -0.05) is 219 Å². The Morgan fingerprint density at radius 3 is 0.805 bits per heavy atom. The normalized spacial score (nSPS) is 11.4. The maximum absolute atomic E-state index is 11.8. The highest BCUT2D eigenvalue weighted by molar-refractivity contribution is 5.69. The smallest absolute Gasteiger partial charge is 0.305 e. The van der Waals surface area contributed by atoms with Crippen molar-refractivity contribution in [1.82, 2.24) is 0 Å². The average molecular weight is 579 g/mol. The number of unbranched alkanes of at least 4 members (excludes halogenated alkanes) is 32. The highest BCUT2D eigenvalue weighted by Crippen LogP contribution is 2.16. The van der Waals surface area contributed by atoms with E-state index in [0.29, 0.717) is 13.0 Å². The minimum Gasteiger partial charge on any atom is -0.466 e. The lowest BCUT2D eigenvalue weighted by molar-refractivity contribution is -0.143. The lowest BCUT2D eigenvalue weighted by atomic mass is 10.0. The van der Waals surface area contributed by atoms with Crippen molar-refractivity contribution in [1.29, 1.82) is 0 Å². The van der Waals surface area contributed by atoms with Gasteiger partial charge in [0.25, 0.3) is 0 Å². The first kappa shape index (κ1) is 40.5. The molecule has 0 aliphatic rings. The second-order valence-corrected chi connectivity index (χ2v) is 13.3. The van der Waals surface area contributed by atoms with E-state index in [0.717, 1.165) is 12.8 Å². The molecule has 2 heteroatoms. The topological polar surface area (TPSA) is 26.3 Å². The Labute approximate surface area is 260 Å². The molecule has 0 radical (unpaired) electrons. The van der Waals surface area contributed by atoms with Crippen LogP contribution in [0.4, 0.5) is 0 Å². The van der Waals surface area contributed by atoms with E-state index in [1.54, 1.807) is 0 Å². The highest BCUT2D eigenvalue weighted by Gasteiger charge is 2.02. The molecule has 0 rings (SSSR count). The molecule has 0 bridgehead atoms. The molecule has 246 valence electrons. The van der Waals surface area contributed by atoms with E-state index < -0.39 is 0 Å². The molecule has 41 heavy (non-hydrogen) atoms. The van der Waals surface area contributed by atoms with Crippen LogP contribution in [-0.2, 0) is 9.53 Å². The van der Waals surface area contributed by atoms with Crippen molar-refractivity contribution >= 4 is 5.97 Å². The fourth-order valence-electron chi connectivity index (χ4n) is 6.08. The molecular formula is C39H78O2. The van der Waals surface area contributed by atoms with Gasteiger partial charge in [0.2, 0.25) is 0 Å². The minimum absolute atomic E-state index is 0.0190. The van der Waals surface area contributed by atoms with Gasteiger partial charge in [0.15, 0.2) is 0 Å². The van der Waals surface area contributed by atoms with Crippen molar-refractivity contribution in [3.8, 4) is 0 Å². The standard InChI is InChI=1S/C39H78O2/c1-3-5-7-9-11-12-13-14-15-16-17-18-19-20-21-22-23-24-25-26-27-28-29-30-31-32-34-36-38-41-39(40)37-35-33-10-8-6-4-2/h3-38H2,1-2H3. The van der Waals surface area contributed by atoms with E-state index in [2.05, 4.69) is 13.8 Å². The quantitative estimate of drug-likeness (QED) is 0.0546. The molecule has 0 fully saturated rings. The van der Waals surface area contributed by atoms with Crippen LogP contribution in [0.25, 0.3) is 0 Å². The average Bonchev–Trinajstić information content (AvgIpc) is 2.98. The Morgan fingerprint density at radius 2 is 0.537 bits per heavy atom. The van der Waals surface area contributed by atoms with Gasteiger partial charge in [0.1, 0.15) is 0 Å². The predicted molar refractivity (Wildman–Crippen MR) is 184 cm³/mol. The van der Waals surface area contributed by atoms with Crippen LogP contribution in [0, 0.1) is 0 Å². The lowest BCUT2D eigenvalue weighted by Crippen LogP contribution is -2.05. The molecule has 0 saturated heterocycles. The zero-order valence-corrected chi connectivity index (χ0v) is 28.8. The van der Waals surface area contributed by atoms with Crippen LogP contribution in [0.2, 0.25) is 0 Å². The largest absolute Gasteiger partial charge is 0.466 e. The van der Waals surface area contributed by atoms with E-state index in [1.807, 2.05) is 0 Å². The molecule has 0 aromatic heterocycles. The Kier molecular flexibility index (Phi) is 37.0. The Bertz CT molecular complexity index is 474. The number of ether oxygens (including phenoxy) is 1. The van der Waals surface area contributed by atoms with Crippen molar-refractivity contribution in [3.63, 3.8) is 0 Å². The maximum atomic E-state index is 11.8. The van der Waals surface area contributed by atoms with Crippen LogP contribution < -0.4 is 0 Å². The van der Waals surface area contributed by atoms with Crippen molar-refractivity contribution in [2.24, 2.45) is 0 Å². The summed E-state index contributed by atoms with van der Waals surface area (Å²) in [5, 5.41) is 0.